The van der Waals surface area contributed by atoms with Crippen molar-refractivity contribution in [2.24, 2.45) is 0 Å². The number of hydrogen-bond acceptors (Lipinski definition) is 4. The highest BCUT2D eigenvalue weighted by Gasteiger charge is 2.28. The molecule has 2 N–H and O–H groups in total. The van der Waals surface area contributed by atoms with E-state index in [1.165, 1.54) is 22.3 Å². The molecule has 1 saturated heterocycles. The zero-order valence-corrected chi connectivity index (χ0v) is 19.4. The summed E-state index contributed by atoms with van der Waals surface area (Å²) >= 11 is 7.47. The van der Waals surface area contributed by atoms with Gasteiger partial charge in [-0.1, -0.05) is 29.8 Å². The first-order valence-corrected chi connectivity index (χ1v) is 13.1. The van der Waals surface area contributed by atoms with Crippen LogP contribution in [0.2, 0.25) is 5.02 Å². The number of aromatic nitrogens is 1. The molecule has 0 spiro atoms. The van der Waals surface area contributed by atoms with Crippen LogP contribution in [0.25, 0.3) is 21.0 Å². The normalized spacial score (nSPS) is 17.8. The fourth-order valence-electron chi connectivity index (χ4n) is 4.35. The Labute approximate surface area is 191 Å². The summed E-state index contributed by atoms with van der Waals surface area (Å²) in [7, 11) is -3.49. The van der Waals surface area contributed by atoms with Crippen LogP contribution in [0.4, 0.5) is 0 Å². The van der Waals surface area contributed by atoms with Gasteiger partial charge in [-0.25, -0.2) is 13.1 Å². The van der Waals surface area contributed by atoms with Gasteiger partial charge in [0.25, 0.3) is 0 Å². The molecule has 1 aliphatic heterocycles. The van der Waals surface area contributed by atoms with Gasteiger partial charge in [-0.15, -0.1) is 11.3 Å². The number of likely N-dealkylation sites (tertiary alicyclic amines) is 1. The topological polar surface area (TPSA) is 65.2 Å². The molecule has 0 bridgehead atoms. The van der Waals surface area contributed by atoms with Gasteiger partial charge in [-0.3, -0.25) is 0 Å². The minimum atomic E-state index is -3.49. The summed E-state index contributed by atoms with van der Waals surface area (Å²) in [4.78, 5) is 5.65. The SMILES string of the molecule is O=S(=O)(NC1CCN(CCCc2c[nH]c3ccc(Cl)cc23)C1)c1cc2ccccc2s1. The van der Waals surface area contributed by atoms with E-state index in [0.29, 0.717) is 4.21 Å². The first-order valence-electron chi connectivity index (χ1n) is 10.5. The molecular weight excluding hydrogens is 450 g/mol. The molecule has 4 aromatic rings. The average Bonchev–Trinajstić information content (AvgIpc) is 3.46. The number of fused-ring (bicyclic) bond motifs is 2. The number of nitrogens with one attached hydrogen (secondary N) is 2. The minimum absolute atomic E-state index is 0.0397. The van der Waals surface area contributed by atoms with Gasteiger partial charge in [0.1, 0.15) is 4.21 Å². The van der Waals surface area contributed by atoms with E-state index < -0.39 is 10.0 Å². The molecule has 0 aliphatic carbocycles. The highest BCUT2D eigenvalue weighted by atomic mass is 35.5. The number of rotatable bonds is 7. The third-order valence-electron chi connectivity index (χ3n) is 5.91. The Hall–Kier alpha value is -1.90. The summed E-state index contributed by atoms with van der Waals surface area (Å²) in [6.45, 7) is 2.62. The molecule has 1 fully saturated rings. The molecule has 162 valence electrons. The number of H-pyrrole nitrogens is 1. The molecule has 0 saturated carbocycles. The molecule has 31 heavy (non-hydrogen) atoms. The molecule has 0 radical (unpaired) electrons. The predicted molar refractivity (Wildman–Crippen MR) is 129 cm³/mol. The van der Waals surface area contributed by atoms with E-state index in [0.717, 1.165) is 59.5 Å². The molecule has 0 amide bonds. The van der Waals surface area contributed by atoms with E-state index in [-0.39, 0.29) is 6.04 Å². The van der Waals surface area contributed by atoms with E-state index >= 15 is 0 Å². The maximum atomic E-state index is 12.9. The lowest BCUT2D eigenvalue weighted by Crippen LogP contribution is -2.36. The van der Waals surface area contributed by atoms with Gasteiger partial charge in [0.15, 0.2) is 0 Å². The molecule has 2 aromatic carbocycles. The van der Waals surface area contributed by atoms with Crippen molar-refractivity contribution in [2.75, 3.05) is 19.6 Å². The number of halogens is 1. The highest BCUT2D eigenvalue weighted by molar-refractivity contribution is 7.91. The molecule has 8 heteroatoms. The fourth-order valence-corrected chi connectivity index (χ4v) is 7.20. The third-order valence-corrected chi connectivity index (χ3v) is 9.26. The molecule has 5 nitrogen and oxygen atoms in total. The van der Waals surface area contributed by atoms with Crippen LogP contribution in [0.3, 0.4) is 0 Å². The fraction of sp³-hybridized carbons (Fsp3) is 0.304. The van der Waals surface area contributed by atoms with Gasteiger partial charge >= 0.3 is 0 Å². The van der Waals surface area contributed by atoms with Gasteiger partial charge in [-0.2, -0.15) is 0 Å². The Bertz CT molecular complexity index is 1300. The van der Waals surface area contributed by atoms with Crippen molar-refractivity contribution in [3.63, 3.8) is 0 Å². The van der Waals surface area contributed by atoms with Crippen LogP contribution in [0, 0.1) is 0 Å². The van der Waals surface area contributed by atoms with E-state index in [2.05, 4.69) is 20.8 Å². The number of benzene rings is 2. The molecule has 1 aliphatic rings. The van der Waals surface area contributed by atoms with Gasteiger partial charge in [-0.05, 0) is 73.6 Å². The van der Waals surface area contributed by atoms with Crippen molar-refractivity contribution in [3.8, 4) is 0 Å². The highest BCUT2D eigenvalue weighted by Crippen LogP contribution is 2.29. The van der Waals surface area contributed by atoms with Crippen LogP contribution in [0.15, 0.2) is 58.9 Å². The lowest BCUT2D eigenvalue weighted by Gasteiger charge is -2.16. The maximum Gasteiger partial charge on any atom is 0.250 e. The van der Waals surface area contributed by atoms with Crippen LogP contribution in [-0.4, -0.2) is 44.0 Å². The zero-order valence-electron chi connectivity index (χ0n) is 17.0. The Morgan fingerprint density at radius 2 is 2.06 bits per heavy atom. The van der Waals surface area contributed by atoms with Crippen molar-refractivity contribution in [3.05, 3.63) is 65.3 Å². The van der Waals surface area contributed by atoms with Crippen molar-refractivity contribution in [1.29, 1.82) is 0 Å². The second-order valence-electron chi connectivity index (χ2n) is 8.12. The number of nitrogens with zero attached hydrogens (tertiary/aromatic N) is 1. The van der Waals surface area contributed by atoms with Gasteiger partial charge < -0.3 is 9.88 Å². The first kappa shape index (κ1) is 21.0. The number of thiophene rings is 1. The van der Waals surface area contributed by atoms with E-state index in [4.69, 9.17) is 11.6 Å². The Morgan fingerprint density at radius 1 is 1.19 bits per heavy atom. The number of sulfonamides is 1. The molecular formula is C23H24ClN3O2S2. The predicted octanol–water partition coefficient (Wildman–Crippen LogP) is 5.02. The largest absolute Gasteiger partial charge is 0.361 e. The van der Waals surface area contributed by atoms with Crippen LogP contribution in [0.1, 0.15) is 18.4 Å². The van der Waals surface area contributed by atoms with Gasteiger partial charge in [0.2, 0.25) is 10.0 Å². The number of aryl methyl sites for hydroxylation is 1. The summed E-state index contributed by atoms with van der Waals surface area (Å²) < 4.78 is 30.0. The van der Waals surface area contributed by atoms with E-state index in [1.807, 2.05) is 42.5 Å². The lowest BCUT2D eigenvalue weighted by atomic mass is 10.1. The summed E-state index contributed by atoms with van der Waals surface area (Å²) in [6, 6.07) is 15.4. The quantitative estimate of drug-likeness (QED) is 0.396. The lowest BCUT2D eigenvalue weighted by molar-refractivity contribution is 0.327. The Morgan fingerprint density at radius 3 is 2.94 bits per heavy atom. The summed E-state index contributed by atoms with van der Waals surface area (Å²) in [6.07, 6.45) is 4.89. The Kier molecular flexibility index (Phi) is 5.79. The van der Waals surface area contributed by atoms with Gasteiger partial charge in [0.05, 0.1) is 0 Å². The second-order valence-corrected chi connectivity index (χ2v) is 11.6. The van der Waals surface area contributed by atoms with E-state index in [9.17, 15) is 8.42 Å². The third kappa shape index (κ3) is 4.52. The molecule has 1 unspecified atom stereocenters. The number of aromatic amines is 1. The molecule has 3 heterocycles. The molecule has 5 rings (SSSR count). The summed E-state index contributed by atoms with van der Waals surface area (Å²) in [5.74, 6) is 0. The van der Waals surface area contributed by atoms with Crippen LogP contribution < -0.4 is 4.72 Å². The number of hydrogen-bond donors (Lipinski definition) is 2. The first-order chi connectivity index (χ1) is 15.0. The summed E-state index contributed by atoms with van der Waals surface area (Å²) in [5.41, 5.74) is 2.38. The molecule has 1 atom stereocenters. The Balaban J connectivity index is 1.16. The van der Waals surface area contributed by atoms with Crippen molar-refractivity contribution >= 4 is 54.0 Å². The zero-order chi connectivity index (χ0) is 21.4. The van der Waals surface area contributed by atoms with Gasteiger partial charge in [0, 0.05) is 39.4 Å². The average molecular weight is 474 g/mol. The maximum absolute atomic E-state index is 12.9. The van der Waals surface area contributed by atoms with E-state index in [1.54, 1.807) is 6.07 Å². The monoisotopic (exact) mass is 473 g/mol. The van der Waals surface area contributed by atoms with Crippen LogP contribution >= 0.6 is 22.9 Å². The standard InChI is InChI=1S/C23H24ClN3O2S2/c24-18-7-8-21-20(13-18)17(14-25-21)5-3-10-27-11-9-19(15-27)26-31(28,29)23-12-16-4-1-2-6-22(16)30-23/h1-2,4,6-8,12-14,19,25-26H,3,5,9-11,15H2. The van der Waals surface area contributed by atoms with Crippen LogP contribution in [0.5, 0.6) is 0 Å². The van der Waals surface area contributed by atoms with Crippen LogP contribution in [-0.2, 0) is 16.4 Å². The molecule has 2 aromatic heterocycles. The van der Waals surface area contributed by atoms with Crippen molar-refractivity contribution in [2.45, 2.75) is 29.5 Å². The second kappa shape index (κ2) is 8.56. The smallest absolute Gasteiger partial charge is 0.250 e. The minimum Gasteiger partial charge on any atom is -0.361 e. The van der Waals surface area contributed by atoms with Crippen molar-refractivity contribution in [1.82, 2.24) is 14.6 Å². The van der Waals surface area contributed by atoms with Crippen molar-refractivity contribution < 1.29 is 8.42 Å². The summed E-state index contributed by atoms with van der Waals surface area (Å²) in [5, 5.41) is 2.91.